The number of nitrogens with zero attached hydrogens (tertiary/aromatic N) is 1. The Balaban J connectivity index is 2.14. The maximum atomic E-state index is 12.9. The molecule has 1 unspecified atom stereocenters. The number of carbonyl (C=O) groups excluding carboxylic acids is 2. The smallest absolute Gasteiger partial charge is 0.261 e. The number of carbonyl (C=O) groups is 2. The molecule has 0 aliphatic heterocycles. The molecule has 0 aliphatic carbocycles. The molecule has 0 aromatic heterocycles. The number of rotatable bonds is 9. The highest BCUT2D eigenvalue weighted by Crippen LogP contribution is 2.18. The number of hydrogen-bond donors (Lipinski definition) is 1. The first-order valence-corrected chi connectivity index (χ1v) is 9.38. The lowest BCUT2D eigenvalue weighted by molar-refractivity contribution is -0.142. The minimum atomic E-state index is -0.590. The average Bonchev–Trinajstić information content (AvgIpc) is 2.73. The Labute approximate surface area is 170 Å². The van der Waals surface area contributed by atoms with E-state index >= 15 is 0 Å². The number of ether oxygens (including phenoxy) is 2. The van der Waals surface area contributed by atoms with Gasteiger partial charge in [-0.3, -0.25) is 9.59 Å². The maximum Gasteiger partial charge on any atom is 0.261 e. The van der Waals surface area contributed by atoms with Crippen LogP contribution in [-0.2, 0) is 16.1 Å². The molecular formula is C21H25ClN2O4. The Morgan fingerprint density at radius 3 is 2.21 bits per heavy atom. The molecule has 1 atom stereocenters. The lowest BCUT2D eigenvalue weighted by Gasteiger charge is -2.30. The van der Waals surface area contributed by atoms with E-state index in [2.05, 4.69) is 5.32 Å². The normalized spacial score (nSPS) is 11.4. The number of amides is 2. The Morgan fingerprint density at radius 1 is 1.07 bits per heavy atom. The average molecular weight is 405 g/mol. The lowest BCUT2D eigenvalue weighted by Crippen LogP contribution is -2.49. The minimum absolute atomic E-state index is 0.173. The van der Waals surface area contributed by atoms with Crippen molar-refractivity contribution >= 4 is 23.4 Å². The second kappa shape index (κ2) is 10.6. The van der Waals surface area contributed by atoms with Crippen LogP contribution in [-0.4, -0.2) is 43.5 Å². The maximum absolute atomic E-state index is 12.9. The van der Waals surface area contributed by atoms with E-state index in [0.717, 1.165) is 5.56 Å². The highest BCUT2D eigenvalue weighted by atomic mass is 35.5. The van der Waals surface area contributed by atoms with Gasteiger partial charge in [0.25, 0.3) is 5.91 Å². The summed E-state index contributed by atoms with van der Waals surface area (Å²) in [6.45, 7) is 1.98. The van der Waals surface area contributed by atoms with Crippen LogP contribution in [0.5, 0.6) is 11.5 Å². The zero-order valence-electron chi connectivity index (χ0n) is 16.3. The third-order valence-corrected chi connectivity index (χ3v) is 4.57. The van der Waals surface area contributed by atoms with Gasteiger partial charge in [0, 0.05) is 18.6 Å². The zero-order chi connectivity index (χ0) is 20.5. The fourth-order valence-corrected chi connectivity index (χ4v) is 2.90. The number of nitrogens with one attached hydrogen (secondary N) is 1. The molecule has 2 aromatic rings. The molecule has 2 rings (SSSR count). The van der Waals surface area contributed by atoms with Crippen LogP contribution in [0.4, 0.5) is 0 Å². The Morgan fingerprint density at radius 2 is 1.68 bits per heavy atom. The Kier molecular flexibility index (Phi) is 8.14. The first kappa shape index (κ1) is 21.6. The fourth-order valence-electron chi connectivity index (χ4n) is 2.77. The van der Waals surface area contributed by atoms with Crippen molar-refractivity contribution in [3.8, 4) is 11.5 Å². The second-order valence-corrected chi connectivity index (χ2v) is 6.59. The van der Waals surface area contributed by atoms with E-state index in [9.17, 15) is 9.59 Å². The largest absolute Gasteiger partial charge is 0.497 e. The summed E-state index contributed by atoms with van der Waals surface area (Å²) in [4.78, 5) is 26.7. The van der Waals surface area contributed by atoms with Crippen molar-refractivity contribution in [2.45, 2.75) is 25.9 Å². The van der Waals surface area contributed by atoms with Gasteiger partial charge in [0.15, 0.2) is 6.61 Å². The monoisotopic (exact) mass is 404 g/mol. The summed E-state index contributed by atoms with van der Waals surface area (Å²) in [5, 5.41) is 3.24. The molecule has 0 spiro atoms. The van der Waals surface area contributed by atoms with Gasteiger partial charge in [-0.25, -0.2) is 0 Å². The van der Waals surface area contributed by atoms with Crippen LogP contribution in [0.25, 0.3) is 0 Å². The summed E-state index contributed by atoms with van der Waals surface area (Å²) < 4.78 is 10.7. The quantitative estimate of drug-likeness (QED) is 0.696. The molecule has 0 aliphatic rings. The van der Waals surface area contributed by atoms with Gasteiger partial charge in [0.05, 0.1) is 7.11 Å². The molecule has 0 bridgehead atoms. The highest BCUT2D eigenvalue weighted by Gasteiger charge is 2.28. The van der Waals surface area contributed by atoms with Gasteiger partial charge >= 0.3 is 0 Å². The molecule has 0 radical (unpaired) electrons. The van der Waals surface area contributed by atoms with Crippen molar-refractivity contribution in [2.24, 2.45) is 0 Å². The number of halogens is 1. The second-order valence-electron chi connectivity index (χ2n) is 6.15. The number of methoxy groups -OCH3 is 1. The number of hydrogen-bond acceptors (Lipinski definition) is 4. The molecule has 1 N–H and O–H groups in total. The molecule has 0 saturated heterocycles. The van der Waals surface area contributed by atoms with Gasteiger partial charge in [0.2, 0.25) is 5.91 Å². The molecule has 150 valence electrons. The fraction of sp³-hybridized carbons (Fsp3) is 0.333. The standard InChI is InChI=1S/C21H25ClN2O4/c1-4-19(21(26)23-2)24(13-15-5-7-16(22)8-6-15)20(25)14-28-18-11-9-17(27-3)10-12-18/h5-12,19H,4,13-14H2,1-3H3,(H,23,26). The molecule has 0 saturated carbocycles. The van der Waals surface area contributed by atoms with Crippen LogP contribution in [0.1, 0.15) is 18.9 Å². The van der Waals surface area contributed by atoms with E-state index < -0.39 is 6.04 Å². The summed E-state index contributed by atoms with van der Waals surface area (Å²) in [5.74, 6) is 0.762. The van der Waals surface area contributed by atoms with E-state index in [4.69, 9.17) is 21.1 Å². The Bertz CT molecular complexity index is 778. The molecule has 6 nitrogen and oxygen atoms in total. The number of likely N-dealkylation sites (N-methyl/N-ethyl adjacent to an activating group) is 1. The van der Waals surface area contributed by atoms with Gasteiger partial charge in [0.1, 0.15) is 17.5 Å². The van der Waals surface area contributed by atoms with Crippen LogP contribution in [0.2, 0.25) is 5.02 Å². The van der Waals surface area contributed by atoms with E-state index in [1.54, 1.807) is 50.6 Å². The third-order valence-electron chi connectivity index (χ3n) is 4.32. The van der Waals surface area contributed by atoms with Crippen molar-refractivity contribution in [3.05, 3.63) is 59.1 Å². The topological polar surface area (TPSA) is 67.9 Å². The summed E-state index contributed by atoms with van der Waals surface area (Å²) in [7, 11) is 3.14. The predicted octanol–water partition coefficient (Wildman–Crippen LogP) is 3.28. The van der Waals surface area contributed by atoms with Crippen molar-refractivity contribution < 1.29 is 19.1 Å². The van der Waals surface area contributed by atoms with E-state index in [0.29, 0.717) is 22.9 Å². The van der Waals surface area contributed by atoms with Crippen LogP contribution in [0.15, 0.2) is 48.5 Å². The van der Waals surface area contributed by atoms with Crippen molar-refractivity contribution in [2.75, 3.05) is 20.8 Å². The number of benzene rings is 2. The van der Waals surface area contributed by atoms with Crippen molar-refractivity contribution in [1.82, 2.24) is 10.2 Å². The first-order chi connectivity index (χ1) is 13.5. The van der Waals surface area contributed by atoms with E-state index in [1.807, 2.05) is 19.1 Å². The molecule has 7 heteroatoms. The molecule has 2 amide bonds. The summed E-state index contributed by atoms with van der Waals surface area (Å²) in [6, 6.07) is 13.6. The van der Waals surface area contributed by atoms with Crippen LogP contribution >= 0.6 is 11.6 Å². The predicted molar refractivity (Wildman–Crippen MR) is 109 cm³/mol. The third kappa shape index (κ3) is 5.89. The Hall–Kier alpha value is -2.73. The van der Waals surface area contributed by atoms with E-state index in [1.165, 1.54) is 4.90 Å². The molecule has 28 heavy (non-hydrogen) atoms. The molecule has 0 heterocycles. The highest BCUT2D eigenvalue weighted by molar-refractivity contribution is 6.30. The summed E-state index contributed by atoms with van der Waals surface area (Å²) >= 11 is 5.94. The summed E-state index contributed by atoms with van der Waals surface area (Å²) in [6.07, 6.45) is 0.488. The van der Waals surface area contributed by atoms with Gasteiger partial charge in [-0.2, -0.15) is 0 Å². The molecular weight excluding hydrogens is 380 g/mol. The van der Waals surface area contributed by atoms with Gasteiger partial charge in [-0.1, -0.05) is 30.7 Å². The van der Waals surface area contributed by atoms with E-state index in [-0.39, 0.29) is 25.0 Å². The first-order valence-electron chi connectivity index (χ1n) is 9.00. The lowest BCUT2D eigenvalue weighted by atomic mass is 10.1. The van der Waals surface area contributed by atoms with Crippen LogP contribution in [0, 0.1) is 0 Å². The van der Waals surface area contributed by atoms with Crippen LogP contribution < -0.4 is 14.8 Å². The van der Waals surface area contributed by atoms with Crippen LogP contribution in [0.3, 0.4) is 0 Å². The van der Waals surface area contributed by atoms with Gasteiger partial charge in [-0.15, -0.1) is 0 Å². The van der Waals surface area contributed by atoms with Gasteiger partial charge in [-0.05, 0) is 48.4 Å². The molecule has 2 aromatic carbocycles. The zero-order valence-corrected chi connectivity index (χ0v) is 17.0. The minimum Gasteiger partial charge on any atom is -0.497 e. The molecule has 0 fully saturated rings. The SMILES string of the molecule is CCC(C(=O)NC)N(Cc1ccc(Cl)cc1)C(=O)COc1ccc(OC)cc1. The summed E-state index contributed by atoms with van der Waals surface area (Å²) in [5.41, 5.74) is 0.879. The van der Waals surface area contributed by atoms with Gasteiger partial charge < -0.3 is 19.7 Å². The van der Waals surface area contributed by atoms with Crippen molar-refractivity contribution in [1.29, 1.82) is 0 Å². The van der Waals surface area contributed by atoms with Crippen molar-refractivity contribution in [3.63, 3.8) is 0 Å².